The smallest absolute Gasteiger partial charge is 0.366 e. The Morgan fingerprint density at radius 3 is 1.95 bits per heavy atom. The van der Waals surface area contributed by atoms with E-state index in [4.69, 9.17) is 5.73 Å². The van der Waals surface area contributed by atoms with Gasteiger partial charge in [0.1, 0.15) is 0 Å². The van der Waals surface area contributed by atoms with Gasteiger partial charge in [-0.1, -0.05) is 13.0 Å². The second-order valence-corrected chi connectivity index (χ2v) is 3.74. The van der Waals surface area contributed by atoms with Crippen molar-refractivity contribution in [2.75, 3.05) is 0 Å². The van der Waals surface area contributed by atoms with E-state index in [0.29, 0.717) is 6.07 Å². The molecule has 106 valence electrons. The van der Waals surface area contributed by atoms with Crippen molar-refractivity contribution in [1.29, 1.82) is 0 Å². The third-order valence-corrected chi connectivity index (χ3v) is 2.51. The average molecular weight is 285 g/mol. The van der Waals surface area contributed by atoms with Crippen molar-refractivity contribution in [3.63, 3.8) is 0 Å². The van der Waals surface area contributed by atoms with Gasteiger partial charge in [0.15, 0.2) is 0 Å². The van der Waals surface area contributed by atoms with Crippen molar-refractivity contribution >= 4 is 5.91 Å². The minimum absolute atomic E-state index is 0.0422. The third kappa shape index (κ3) is 2.99. The van der Waals surface area contributed by atoms with Crippen molar-refractivity contribution in [3.05, 3.63) is 34.4 Å². The Labute approximate surface area is 104 Å². The summed E-state index contributed by atoms with van der Waals surface area (Å²) in [7, 11) is 0. The normalized spacial score (nSPS) is 12.6. The van der Waals surface area contributed by atoms with Gasteiger partial charge < -0.3 is 5.73 Å². The first-order chi connectivity index (χ1) is 8.50. The summed E-state index contributed by atoms with van der Waals surface area (Å²) in [6, 6.07) is 1.15. The Morgan fingerprint density at radius 1 is 1.11 bits per heavy atom. The quantitative estimate of drug-likeness (QED) is 0.832. The molecule has 0 aliphatic heterocycles. The van der Waals surface area contributed by atoms with Gasteiger partial charge in [0.25, 0.3) is 0 Å². The molecular weight excluding hydrogens is 276 g/mol. The molecule has 0 saturated heterocycles. The molecule has 0 heterocycles. The predicted molar refractivity (Wildman–Crippen MR) is 54.3 cm³/mol. The first-order valence-corrected chi connectivity index (χ1v) is 5.10. The van der Waals surface area contributed by atoms with Gasteiger partial charge in [0.05, 0.1) is 16.7 Å². The standard InChI is InChI=1S/C11H9F6NO/c1-2-5-3-4-6(10(12,13)14)8(11(15,16)17)7(5)9(18)19/h3-4H,2H2,1H3,(H2,18,19). The van der Waals surface area contributed by atoms with E-state index in [0.717, 1.165) is 6.07 Å². The topological polar surface area (TPSA) is 43.1 Å². The van der Waals surface area contributed by atoms with Gasteiger partial charge in [-0.15, -0.1) is 0 Å². The summed E-state index contributed by atoms with van der Waals surface area (Å²) in [4.78, 5) is 11.1. The van der Waals surface area contributed by atoms with Crippen molar-refractivity contribution in [1.82, 2.24) is 0 Å². The average Bonchev–Trinajstić information content (AvgIpc) is 2.24. The van der Waals surface area contributed by atoms with Gasteiger partial charge in [0.2, 0.25) is 5.91 Å². The van der Waals surface area contributed by atoms with Crippen LogP contribution in [0.2, 0.25) is 0 Å². The highest BCUT2D eigenvalue weighted by Gasteiger charge is 2.46. The zero-order valence-electron chi connectivity index (χ0n) is 9.62. The molecule has 0 saturated carbocycles. The number of halogens is 6. The van der Waals surface area contributed by atoms with E-state index < -0.39 is 35.0 Å². The molecule has 0 unspecified atom stereocenters. The summed E-state index contributed by atoms with van der Waals surface area (Å²) in [5, 5.41) is 0. The molecule has 1 aromatic carbocycles. The Hall–Kier alpha value is -1.73. The Bertz CT molecular complexity index is 503. The fourth-order valence-electron chi connectivity index (χ4n) is 1.75. The number of hydrogen-bond donors (Lipinski definition) is 1. The van der Waals surface area contributed by atoms with Crippen LogP contribution in [0.1, 0.15) is 34.0 Å². The second-order valence-electron chi connectivity index (χ2n) is 3.74. The van der Waals surface area contributed by atoms with Crippen LogP contribution in [-0.4, -0.2) is 5.91 Å². The molecule has 1 amide bonds. The number of hydrogen-bond acceptors (Lipinski definition) is 1. The summed E-state index contributed by atoms with van der Waals surface area (Å²) in [5.41, 5.74) is -0.433. The molecule has 1 aromatic rings. The molecule has 0 atom stereocenters. The molecule has 0 aliphatic rings. The van der Waals surface area contributed by atoms with E-state index in [2.05, 4.69) is 0 Å². The van der Waals surface area contributed by atoms with Crippen molar-refractivity contribution in [3.8, 4) is 0 Å². The molecular formula is C11H9F6NO. The molecule has 2 nitrogen and oxygen atoms in total. The fraction of sp³-hybridized carbons (Fsp3) is 0.364. The summed E-state index contributed by atoms with van der Waals surface area (Å²) >= 11 is 0. The number of nitrogens with two attached hydrogens (primary N) is 1. The Balaban J connectivity index is 3.81. The highest BCUT2D eigenvalue weighted by Crippen LogP contribution is 2.42. The lowest BCUT2D eigenvalue weighted by molar-refractivity contribution is -0.162. The highest BCUT2D eigenvalue weighted by atomic mass is 19.4. The number of carbonyl (C=O) groups is 1. The molecule has 0 bridgehead atoms. The van der Waals surface area contributed by atoms with E-state index in [-0.39, 0.29) is 12.0 Å². The lowest BCUT2D eigenvalue weighted by Gasteiger charge is -2.20. The molecule has 0 aromatic heterocycles. The van der Waals surface area contributed by atoms with Crippen LogP contribution in [0.5, 0.6) is 0 Å². The van der Waals surface area contributed by atoms with Crippen LogP contribution in [0.3, 0.4) is 0 Å². The zero-order chi connectivity index (χ0) is 15.0. The monoisotopic (exact) mass is 285 g/mol. The zero-order valence-corrected chi connectivity index (χ0v) is 9.62. The maximum absolute atomic E-state index is 12.8. The van der Waals surface area contributed by atoms with E-state index in [1.165, 1.54) is 6.92 Å². The largest absolute Gasteiger partial charge is 0.417 e. The van der Waals surface area contributed by atoms with Crippen molar-refractivity contribution in [2.45, 2.75) is 25.7 Å². The fourth-order valence-corrected chi connectivity index (χ4v) is 1.75. The number of amides is 1. The molecule has 19 heavy (non-hydrogen) atoms. The second kappa shape index (κ2) is 4.75. The van der Waals surface area contributed by atoms with Gasteiger partial charge in [-0.2, -0.15) is 26.3 Å². The van der Waals surface area contributed by atoms with E-state index >= 15 is 0 Å². The minimum Gasteiger partial charge on any atom is -0.366 e. The SMILES string of the molecule is CCc1ccc(C(F)(F)F)c(C(F)(F)F)c1C(N)=O. The molecule has 8 heteroatoms. The summed E-state index contributed by atoms with van der Waals surface area (Å²) in [6.45, 7) is 1.41. The summed E-state index contributed by atoms with van der Waals surface area (Å²) in [5.74, 6) is -1.53. The molecule has 1 rings (SSSR count). The Kier molecular flexibility index (Phi) is 3.83. The lowest BCUT2D eigenvalue weighted by Crippen LogP contribution is -2.25. The van der Waals surface area contributed by atoms with E-state index in [9.17, 15) is 31.1 Å². The predicted octanol–water partition coefficient (Wildman–Crippen LogP) is 3.39. The first-order valence-electron chi connectivity index (χ1n) is 5.10. The maximum atomic E-state index is 12.8. The number of aryl methyl sites for hydroxylation is 1. The van der Waals surface area contributed by atoms with Crippen LogP contribution in [0, 0.1) is 0 Å². The minimum atomic E-state index is -5.32. The molecule has 0 radical (unpaired) electrons. The maximum Gasteiger partial charge on any atom is 0.417 e. The van der Waals surface area contributed by atoms with E-state index in [1.807, 2.05) is 0 Å². The molecule has 2 N–H and O–H groups in total. The van der Waals surface area contributed by atoms with Crippen LogP contribution < -0.4 is 5.73 Å². The van der Waals surface area contributed by atoms with Gasteiger partial charge in [-0.3, -0.25) is 4.79 Å². The van der Waals surface area contributed by atoms with Gasteiger partial charge in [-0.25, -0.2) is 0 Å². The van der Waals surface area contributed by atoms with Crippen LogP contribution in [-0.2, 0) is 18.8 Å². The van der Waals surface area contributed by atoms with E-state index in [1.54, 1.807) is 0 Å². The number of rotatable bonds is 2. The van der Waals surface area contributed by atoms with Crippen LogP contribution in [0.25, 0.3) is 0 Å². The number of primary amides is 1. The molecule has 0 spiro atoms. The van der Waals surface area contributed by atoms with Crippen molar-refractivity contribution < 1.29 is 31.1 Å². The molecule has 0 aliphatic carbocycles. The van der Waals surface area contributed by atoms with Crippen molar-refractivity contribution in [2.24, 2.45) is 5.73 Å². The van der Waals surface area contributed by atoms with Crippen LogP contribution in [0.4, 0.5) is 26.3 Å². The van der Waals surface area contributed by atoms with Gasteiger partial charge in [0, 0.05) is 0 Å². The number of alkyl halides is 6. The van der Waals surface area contributed by atoms with Crippen LogP contribution >= 0.6 is 0 Å². The summed E-state index contributed by atoms with van der Waals surface area (Å²) < 4.78 is 76.2. The number of carbonyl (C=O) groups excluding carboxylic acids is 1. The first kappa shape index (κ1) is 15.3. The lowest BCUT2D eigenvalue weighted by atomic mass is 9.93. The summed E-state index contributed by atoms with van der Waals surface area (Å²) in [6.07, 6.45) is -10.6. The van der Waals surface area contributed by atoms with Gasteiger partial charge in [-0.05, 0) is 18.1 Å². The highest BCUT2D eigenvalue weighted by molar-refractivity contribution is 5.96. The Morgan fingerprint density at radius 2 is 1.63 bits per heavy atom. The van der Waals surface area contributed by atoms with Gasteiger partial charge >= 0.3 is 12.4 Å². The molecule has 0 fully saturated rings. The number of benzene rings is 1. The third-order valence-electron chi connectivity index (χ3n) is 2.51. The van der Waals surface area contributed by atoms with Crippen LogP contribution in [0.15, 0.2) is 12.1 Å².